The third kappa shape index (κ3) is 5.21. The van der Waals surface area contributed by atoms with Gasteiger partial charge in [-0.25, -0.2) is 0 Å². The molecule has 6 heteroatoms. The summed E-state index contributed by atoms with van der Waals surface area (Å²) in [5.74, 6) is 0.0428. The number of para-hydroxylation sites is 2. The van der Waals surface area contributed by atoms with E-state index in [2.05, 4.69) is 5.32 Å². The van der Waals surface area contributed by atoms with Crippen molar-refractivity contribution >= 4 is 29.3 Å². The van der Waals surface area contributed by atoms with Gasteiger partial charge in [0.15, 0.2) is 0 Å². The number of hydrogen-bond donors (Lipinski definition) is 2. The van der Waals surface area contributed by atoms with Crippen molar-refractivity contribution in [3.63, 3.8) is 0 Å². The molecule has 0 saturated carbocycles. The molecule has 0 saturated heterocycles. The van der Waals surface area contributed by atoms with Crippen LogP contribution in [-0.4, -0.2) is 35.1 Å². The van der Waals surface area contributed by atoms with Gasteiger partial charge in [0.1, 0.15) is 5.75 Å². The lowest BCUT2D eigenvalue weighted by molar-refractivity contribution is -0.136. The SMILES string of the molecule is COc1ccccc1NC(=O)CCSC(C)C(=O)O. The van der Waals surface area contributed by atoms with E-state index in [1.165, 1.54) is 18.9 Å². The second-order valence-corrected chi connectivity index (χ2v) is 5.30. The van der Waals surface area contributed by atoms with E-state index in [1.807, 2.05) is 6.07 Å². The van der Waals surface area contributed by atoms with Crippen LogP contribution in [0.1, 0.15) is 13.3 Å². The molecule has 104 valence electrons. The standard InChI is InChI=1S/C13H17NO4S/c1-9(13(16)17)19-8-7-12(15)14-10-5-3-4-6-11(10)18-2/h3-6,9H,7-8H2,1-2H3,(H,14,15)(H,16,17). The van der Waals surface area contributed by atoms with Gasteiger partial charge in [0.25, 0.3) is 0 Å². The van der Waals surface area contributed by atoms with Crippen LogP contribution in [0.2, 0.25) is 0 Å². The highest BCUT2D eigenvalue weighted by Crippen LogP contribution is 2.23. The summed E-state index contributed by atoms with van der Waals surface area (Å²) >= 11 is 1.24. The molecule has 0 fully saturated rings. The van der Waals surface area contributed by atoms with E-state index in [1.54, 1.807) is 25.1 Å². The number of aliphatic carboxylic acids is 1. The third-order valence-electron chi connectivity index (χ3n) is 2.43. The fourth-order valence-electron chi connectivity index (χ4n) is 1.36. The maximum Gasteiger partial charge on any atom is 0.316 e. The fourth-order valence-corrected chi connectivity index (χ4v) is 2.16. The predicted molar refractivity (Wildman–Crippen MR) is 75.8 cm³/mol. The highest BCUT2D eigenvalue weighted by Gasteiger charge is 2.12. The monoisotopic (exact) mass is 283 g/mol. The van der Waals surface area contributed by atoms with Gasteiger partial charge >= 0.3 is 5.97 Å². The molecule has 1 rings (SSSR count). The van der Waals surface area contributed by atoms with Gasteiger partial charge in [0.05, 0.1) is 18.0 Å². The highest BCUT2D eigenvalue weighted by molar-refractivity contribution is 8.00. The Morgan fingerprint density at radius 3 is 2.74 bits per heavy atom. The van der Waals surface area contributed by atoms with E-state index in [4.69, 9.17) is 9.84 Å². The van der Waals surface area contributed by atoms with Crippen LogP contribution in [0.4, 0.5) is 5.69 Å². The number of anilines is 1. The number of carbonyl (C=O) groups is 2. The normalized spacial score (nSPS) is 11.7. The first-order chi connectivity index (χ1) is 9.04. The number of hydrogen-bond acceptors (Lipinski definition) is 4. The summed E-state index contributed by atoms with van der Waals surface area (Å²) in [6, 6.07) is 7.14. The van der Waals surface area contributed by atoms with Crippen LogP contribution >= 0.6 is 11.8 Å². The first kappa shape index (κ1) is 15.4. The zero-order valence-electron chi connectivity index (χ0n) is 10.9. The smallest absolute Gasteiger partial charge is 0.316 e. The Labute approximate surface area is 116 Å². The Balaban J connectivity index is 2.41. The number of methoxy groups -OCH3 is 1. The number of carboxylic acid groups (broad SMARTS) is 1. The van der Waals surface area contributed by atoms with E-state index in [0.29, 0.717) is 17.2 Å². The summed E-state index contributed by atoms with van der Waals surface area (Å²) in [5.41, 5.74) is 0.617. The molecule has 1 aromatic rings. The molecule has 0 bridgehead atoms. The number of carbonyl (C=O) groups excluding carboxylic acids is 1. The number of benzene rings is 1. The molecule has 0 heterocycles. The molecule has 5 nitrogen and oxygen atoms in total. The molecule has 0 spiro atoms. The van der Waals surface area contributed by atoms with E-state index < -0.39 is 11.2 Å². The van der Waals surface area contributed by atoms with Gasteiger partial charge in [-0.2, -0.15) is 0 Å². The highest BCUT2D eigenvalue weighted by atomic mass is 32.2. The van der Waals surface area contributed by atoms with Crippen LogP contribution in [0.25, 0.3) is 0 Å². The molecular weight excluding hydrogens is 266 g/mol. The fraction of sp³-hybridized carbons (Fsp3) is 0.385. The lowest BCUT2D eigenvalue weighted by Crippen LogP contribution is -2.16. The molecule has 0 aliphatic rings. The van der Waals surface area contributed by atoms with E-state index in [-0.39, 0.29) is 12.3 Å². The molecule has 0 aliphatic carbocycles. The quantitative estimate of drug-likeness (QED) is 0.802. The molecule has 1 aromatic carbocycles. The number of carboxylic acids is 1. The van der Waals surface area contributed by atoms with Gasteiger partial charge in [-0.1, -0.05) is 12.1 Å². The average Bonchev–Trinajstić information content (AvgIpc) is 2.39. The minimum atomic E-state index is -0.866. The van der Waals surface area contributed by atoms with E-state index in [9.17, 15) is 9.59 Å². The van der Waals surface area contributed by atoms with E-state index >= 15 is 0 Å². The summed E-state index contributed by atoms with van der Waals surface area (Å²) in [6.45, 7) is 1.60. The van der Waals surface area contributed by atoms with Gasteiger partial charge in [-0.05, 0) is 19.1 Å². The van der Waals surface area contributed by atoms with Crippen LogP contribution in [0.5, 0.6) is 5.75 Å². The molecule has 0 aliphatic heterocycles. The van der Waals surface area contributed by atoms with E-state index in [0.717, 1.165) is 0 Å². The van der Waals surface area contributed by atoms with Crippen molar-refractivity contribution in [2.45, 2.75) is 18.6 Å². The summed E-state index contributed by atoms with van der Waals surface area (Å²) in [4.78, 5) is 22.3. The van der Waals surface area contributed by atoms with Crippen LogP contribution in [-0.2, 0) is 9.59 Å². The Bertz CT molecular complexity index is 450. The molecule has 1 amide bonds. The van der Waals surface area contributed by atoms with Crippen molar-refractivity contribution in [1.82, 2.24) is 0 Å². The van der Waals surface area contributed by atoms with Crippen molar-refractivity contribution in [3.05, 3.63) is 24.3 Å². The van der Waals surface area contributed by atoms with Gasteiger partial charge in [-0.15, -0.1) is 11.8 Å². The second-order valence-electron chi connectivity index (χ2n) is 3.85. The van der Waals surface area contributed by atoms with Crippen LogP contribution in [0.15, 0.2) is 24.3 Å². The number of ether oxygens (including phenoxy) is 1. The Morgan fingerprint density at radius 2 is 2.11 bits per heavy atom. The molecule has 1 unspecified atom stereocenters. The van der Waals surface area contributed by atoms with Gasteiger partial charge in [-0.3, -0.25) is 9.59 Å². The first-order valence-corrected chi connectivity index (χ1v) is 6.86. The molecule has 19 heavy (non-hydrogen) atoms. The topological polar surface area (TPSA) is 75.6 Å². The number of rotatable bonds is 7. The Kier molecular flexibility index (Phi) is 6.21. The van der Waals surface area contributed by atoms with Crippen LogP contribution in [0, 0.1) is 0 Å². The summed E-state index contributed by atoms with van der Waals surface area (Å²) < 4.78 is 5.12. The zero-order valence-corrected chi connectivity index (χ0v) is 11.7. The number of nitrogens with one attached hydrogen (secondary N) is 1. The second kappa shape index (κ2) is 7.68. The lowest BCUT2D eigenvalue weighted by Gasteiger charge is -2.10. The average molecular weight is 283 g/mol. The van der Waals surface area contributed by atoms with Crippen molar-refractivity contribution in [2.75, 3.05) is 18.2 Å². The Morgan fingerprint density at radius 1 is 1.42 bits per heavy atom. The number of thioether (sulfide) groups is 1. The largest absolute Gasteiger partial charge is 0.495 e. The zero-order chi connectivity index (χ0) is 14.3. The minimum Gasteiger partial charge on any atom is -0.495 e. The maximum absolute atomic E-state index is 11.7. The number of amides is 1. The van der Waals surface area contributed by atoms with Crippen molar-refractivity contribution in [2.24, 2.45) is 0 Å². The molecular formula is C13H17NO4S. The Hall–Kier alpha value is -1.69. The third-order valence-corrected chi connectivity index (χ3v) is 3.57. The summed E-state index contributed by atoms with van der Waals surface area (Å²) in [5, 5.41) is 11.0. The molecule has 0 radical (unpaired) electrons. The van der Waals surface area contributed by atoms with Crippen molar-refractivity contribution in [1.29, 1.82) is 0 Å². The van der Waals surface area contributed by atoms with Crippen LogP contribution < -0.4 is 10.1 Å². The van der Waals surface area contributed by atoms with Crippen LogP contribution in [0.3, 0.4) is 0 Å². The molecule has 1 atom stereocenters. The van der Waals surface area contributed by atoms with Gasteiger partial charge in [0, 0.05) is 12.2 Å². The lowest BCUT2D eigenvalue weighted by atomic mass is 10.3. The summed E-state index contributed by atoms with van der Waals surface area (Å²) in [6.07, 6.45) is 0.264. The van der Waals surface area contributed by atoms with Crippen molar-refractivity contribution < 1.29 is 19.4 Å². The van der Waals surface area contributed by atoms with Gasteiger partial charge < -0.3 is 15.2 Å². The molecule has 0 aromatic heterocycles. The predicted octanol–water partition coefficient (Wildman–Crippen LogP) is 2.23. The first-order valence-electron chi connectivity index (χ1n) is 5.82. The van der Waals surface area contributed by atoms with Gasteiger partial charge in [0.2, 0.25) is 5.91 Å². The minimum absolute atomic E-state index is 0.158. The van der Waals surface area contributed by atoms with Crippen molar-refractivity contribution in [3.8, 4) is 5.75 Å². The molecule has 2 N–H and O–H groups in total. The summed E-state index contributed by atoms with van der Waals surface area (Å²) in [7, 11) is 1.54. The maximum atomic E-state index is 11.7.